The minimum Gasteiger partial charge on any atom is -0.459 e. The van der Waals surface area contributed by atoms with Gasteiger partial charge in [-0.3, -0.25) is 0 Å². The fourth-order valence-electron chi connectivity index (χ4n) is 2.37. The molecule has 29 heavy (non-hydrogen) atoms. The number of unbranched alkanes of at least 4 members (excludes halogenated alkanes) is 1. The summed E-state index contributed by atoms with van der Waals surface area (Å²) in [7, 11) is 0. The number of ether oxygens (including phenoxy) is 3. The predicted octanol–water partition coefficient (Wildman–Crippen LogP) is 3.54. The number of nitrogens with one attached hydrogen (secondary N) is 2. The first-order valence-electron chi connectivity index (χ1n) is 9.82. The maximum absolute atomic E-state index is 12.4. The molecule has 0 fully saturated rings. The Morgan fingerprint density at radius 3 is 2.31 bits per heavy atom. The van der Waals surface area contributed by atoms with Gasteiger partial charge in [-0.1, -0.05) is 30.3 Å². The third-order valence-corrected chi connectivity index (χ3v) is 3.66. The molecule has 0 saturated heterocycles. The molecule has 162 valence electrons. The molecule has 0 aliphatic heterocycles. The van der Waals surface area contributed by atoms with Crippen molar-refractivity contribution in [2.75, 3.05) is 13.2 Å². The fourth-order valence-corrected chi connectivity index (χ4v) is 2.37. The molecule has 0 saturated carbocycles. The summed E-state index contributed by atoms with van der Waals surface area (Å²) < 4.78 is 15.3. The molecule has 0 aliphatic rings. The van der Waals surface area contributed by atoms with Gasteiger partial charge in [0.15, 0.2) is 0 Å². The van der Waals surface area contributed by atoms with Crippen LogP contribution < -0.4 is 10.6 Å². The zero-order valence-electron chi connectivity index (χ0n) is 17.7. The maximum atomic E-state index is 12.4. The van der Waals surface area contributed by atoms with Crippen LogP contribution in [0.5, 0.6) is 0 Å². The van der Waals surface area contributed by atoms with Crippen molar-refractivity contribution in [2.45, 2.75) is 65.2 Å². The Morgan fingerprint density at radius 2 is 1.69 bits per heavy atom. The Balaban J connectivity index is 2.44. The van der Waals surface area contributed by atoms with Crippen LogP contribution in [0.1, 0.15) is 52.5 Å². The van der Waals surface area contributed by atoms with Crippen LogP contribution in [-0.2, 0) is 25.6 Å². The molecule has 0 aromatic heterocycles. The summed E-state index contributed by atoms with van der Waals surface area (Å²) in [5.74, 6) is -0.526. The van der Waals surface area contributed by atoms with Gasteiger partial charge in [0.05, 0.1) is 6.61 Å². The van der Waals surface area contributed by atoms with Gasteiger partial charge in [-0.2, -0.15) is 0 Å². The van der Waals surface area contributed by atoms with E-state index >= 15 is 0 Å². The van der Waals surface area contributed by atoms with Gasteiger partial charge in [-0.15, -0.1) is 0 Å². The molecule has 1 aromatic rings. The van der Waals surface area contributed by atoms with Crippen LogP contribution in [0.3, 0.4) is 0 Å². The van der Waals surface area contributed by atoms with Crippen LogP contribution in [0, 0.1) is 0 Å². The number of benzene rings is 1. The quantitative estimate of drug-likeness (QED) is 0.349. The van der Waals surface area contributed by atoms with Gasteiger partial charge in [-0.25, -0.2) is 14.4 Å². The molecule has 0 bridgehead atoms. The maximum Gasteiger partial charge on any atom is 0.407 e. The lowest BCUT2D eigenvalue weighted by atomic mass is 10.1. The number of alkyl carbamates (subject to hydrolysis) is 2. The summed E-state index contributed by atoms with van der Waals surface area (Å²) in [5.41, 5.74) is 0.304. The minimum atomic E-state index is -0.820. The molecular formula is C21H32N2O6. The summed E-state index contributed by atoms with van der Waals surface area (Å²) in [6, 6.07) is 8.47. The van der Waals surface area contributed by atoms with E-state index in [2.05, 4.69) is 10.6 Å². The van der Waals surface area contributed by atoms with E-state index in [1.165, 1.54) is 0 Å². The van der Waals surface area contributed by atoms with Gasteiger partial charge in [0, 0.05) is 6.54 Å². The number of amides is 2. The number of rotatable bonds is 10. The van der Waals surface area contributed by atoms with E-state index in [0.717, 1.165) is 5.56 Å². The average molecular weight is 408 g/mol. The van der Waals surface area contributed by atoms with Gasteiger partial charge in [-0.05, 0) is 52.5 Å². The molecule has 0 heterocycles. The Bertz CT molecular complexity index is 642. The highest BCUT2D eigenvalue weighted by atomic mass is 16.6. The minimum absolute atomic E-state index is 0.126. The lowest BCUT2D eigenvalue weighted by molar-refractivity contribution is -0.147. The van der Waals surface area contributed by atoms with Crippen LogP contribution in [0.15, 0.2) is 30.3 Å². The third kappa shape index (κ3) is 11.6. The first-order chi connectivity index (χ1) is 13.7. The molecule has 0 unspecified atom stereocenters. The Labute approximate surface area is 172 Å². The van der Waals surface area contributed by atoms with Crippen molar-refractivity contribution in [1.82, 2.24) is 10.6 Å². The molecule has 8 heteroatoms. The second-order valence-electron chi connectivity index (χ2n) is 7.44. The molecule has 8 nitrogen and oxygen atoms in total. The van der Waals surface area contributed by atoms with Crippen molar-refractivity contribution < 1.29 is 28.6 Å². The second-order valence-corrected chi connectivity index (χ2v) is 7.44. The van der Waals surface area contributed by atoms with Crippen LogP contribution in [-0.4, -0.2) is 43.0 Å². The van der Waals surface area contributed by atoms with Gasteiger partial charge >= 0.3 is 18.2 Å². The number of hydrogen-bond acceptors (Lipinski definition) is 6. The molecule has 1 atom stereocenters. The summed E-state index contributed by atoms with van der Waals surface area (Å²) in [4.78, 5) is 35.8. The first kappa shape index (κ1) is 24.3. The molecule has 0 radical (unpaired) electrons. The highest BCUT2D eigenvalue weighted by molar-refractivity contribution is 5.81. The number of esters is 1. The normalized spacial score (nSPS) is 11.9. The molecular weight excluding hydrogens is 376 g/mol. The number of hydrogen-bond donors (Lipinski definition) is 2. The number of carbonyl (C=O) groups is 3. The van der Waals surface area contributed by atoms with Gasteiger partial charge in [0.2, 0.25) is 0 Å². The van der Waals surface area contributed by atoms with Crippen LogP contribution in [0.25, 0.3) is 0 Å². The average Bonchev–Trinajstić information content (AvgIpc) is 2.64. The predicted molar refractivity (Wildman–Crippen MR) is 108 cm³/mol. The molecule has 0 spiro atoms. The smallest absolute Gasteiger partial charge is 0.407 e. The second kappa shape index (κ2) is 12.6. The van der Waals surface area contributed by atoms with E-state index in [9.17, 15) is 14.4 Å². The highest BCUT2D eigenvalue weighted by Gasteiger charge is 2.23. The summed E-state index contributed by atoms with van der Waals surface area (Å²) >= 11 is 0. The van der Waals surface area contributed by atoms with E-state index in [-0.39, 0.29) is 13.2 Å². The number of carbonyl (C=O) groups excluding carboxylic acids is 3. The topological polar surface area (TPSA) is 103 Å². The van der Waals surface area contributed by atoms with Crippen molar-refractivity contribution in [2.24, 2.45) is 0 Å². The summed E-state index contributed by atoms with van der Waals surface area (Å²) in [5, 5.41) is 5.20. The molecule has 2 N–H and O–H groups in total. The fraction of sp³-hybridized carbons (Fsp3) is 0.571. The largest absolute Gasteiger partial charge is 0.459 e. The van der Waals surface area contributed by atoms with Crippen molar-refractivity contribution in [3.8, 4) is 0 Å². The van der Waals surface area contributed by atoms with Gasteiger partial charge in [0.1, 0.15) is 18.2 Å². The van der Waals surface area contributed by atoms with Crippen molar-refractivity contribution in [1.29, 1.82) is 0 Å². The Hall–Kier alpha value is -2.77. The van der Waals surface area contributed by atoms with Crippen LogP contribution >= 0.6 is 0 Å². The zero-order chi connectivity index (χ0) is 21.7. The molecule has 1 aromatic carbocycles. The summed E-state index contributed by atoms with van der Waals surface area (Å²) in [6.07, 6.45) is 0.420. The van der Waals surface area contributed by atoms with Crippen molar-refractivity contribution >= 4 is 18.2 Å². The van der Waals surface area contributed by atoms with E-state index in [1.807, 2.05) is 30.3 Å². The van der Waals surface area contributed by atoms with Gasteiger partial charge in [0.25, 0.3) is 0 Å². The monoisotopic (exact) mass is 408 g/mol. The molecule has 2 amide bonds. The standard InChI is InChI=1S/C21H32N2O6/c1-5-27-20(26)23-17(18(24)28-15-16-11-7-6-8-12-16)13-9-10-14-22-19(25)29-21(2,3)4/h6-8,11-12,17H,5,9-10,13-15H2,1-4H3,(H,22,25)(H,23,26)/t17-/m0/s1. The molecule has 0 aliphatic carbocycles. The Morgan fingerprint density at radius 1 is 1.00 bits per heavy atom. The molecule has 1 rings (SSSR count). The summed E-state index contributed by atoms with van der Waals surface area (Å²) in [6.45, 7) is 7.79. The highest BCUT2D eigenvalue weighted by Crippen LogP contribution is 2.08. The Kier molecular flexibility index (Phi) is 10.6. The van der Waals surface area contributed by atoms with E-state index in [1.54, 1.807) is 27.7 Å². The van der Waals surface area contributed by atoms with Gasteiger partial charge < -0.3 is 24.8 Å². The van der Waals surface area contributed by atoms with Crippen molar-refractivity contribution in [3.05, 3.63) is 35.9 Å². The third-order valence-electron chi connectivity index (χ3n) is 3.66. The van der Waals surface area contributed by atoms with Crippen LogP contribution in [0.2, 0.25) is 0 Å². The SMILES string of the molecule is CCOC(=O)N[C@@H](CCCCNC(=O)OC(C)(C)C)C(=O)OCc1ccccc1. The van der Waals surface area contributed by atoms with E-state index in [4.69, 9.17) is 14.2 Å². The lowest BCUT2D eigenvalue weighted by Gasteiger charge is -2.20. The first-order valence-corrected chi connectivity index (χ1v) is 9.82. The zero-order valence-corrected chi connectivity index (χ0v) is 17.7. The van der Waals surface area contributed by atoms with Crippen LogP contribution in [0.4, 0.5) is 9.59 Å². The lowest BCUT2D eigenvalue weighted by Crippen LogP contribution is -2.42. The van der Waals surface area contributed by atoms with Crippen molar-refractivity contribution in [3.63, 3.8) is 0 Å². The van der Waals surface area contributed by atoms with E-state index < -0.39 is 29.8 Å². The van der Waals surface area contributed by atoms with E-state index in [0.29, 0.717) is 25.8 Å².